The lowest BCUT2D eigenvalue weighted by Gasteiger charge is -2.19. The van der Waals surface area contributed by atoms with Crippen molar-refractivity contribution >= 4 is 47.0 Å². The Morgan fingerprint density at radius 1 is 1.11 bits per heavy atom. The maximum absolute atomic E-state index is 14.9. The number of carbonyl (C=O) groups excluding carboxylic acids is 3. The second-order valence-electron chi connectivity index (χ2n) is 7.71. The van der Waals surface area contributed by atoms with Crippen molar-refractivity contribution in [2.24, 2.45) is 5.73 Å². The van der Waals surface area contributed by atoms with Gasteiger partial charge in [-0.25, -0.2) is 8.78 Å². The van der Waals surface area contributed by atoms with Gasteiger partial charge in [-0.1, -0.05) is 29.3 Å². The van der Waals surface area contributed by atoms with Crippen LogP contribution in [0.1, 0.15) is 41.0 Å². The fourth-order valence-electron chi connectivity index (χ4n) is 3.54. The first-order valence-corrected chi connectivity index (χ1v) is 11.5. The number of primary amides is 1. The van der Waals surface area contributed by atoms with Crippen LogP contribution in [0, 0.1) is 11.6 Å². The minimum atomic E-state index is -0.944. The summed E-state index contributed by atoms with van der Waals surface area (Å²) in [6.45, 7) is 2.17. The van der Waals surface area contributed by atoms with E-state index >= 15 is 0 Å². The molecule has 0 spiro atoms. The molecule has 0 aliphatic carbocycles. The lowest BCUT2D eigenvalue weighted by Crippen LogP contribution is -2.32. The third kappa shape index (κ3) is 6.50. The first-order chi connectivity index (χ1) is 17.1. The fraction of sp³-hybridized carbons (Fsp3) is 0.160. The summed E-state index contributed by atoms with van der Waals surface area (Å²) in [6.07, 6.45) is 3.69. The molecule has 0 saturated heterocycles. The van der Waals surface area contributed by atoms with E-state index in [2.05, 4.69) is 15.6 Å². The molecular weight excluding hydrogens is 513 g/mol. The molecule has 0 aliphatic heterocycles. The molecule has 3 rings (SSSR count). The second-order valence-corrected chi connectivity index (χ2v) is 8.56. The van der Waals surface area contributed by atoms with Crippen LogP contribution in [0.4, 0.5) is 8.78 Å². The number of benzene rings is 2. The van der Waals surface area contributed by atoms with Crippen LogP contribution in [-0.4, -0.2) is 29.3 Å². The molecule has 36 heavy (non-hydrogen) atoms. The van der Waals surface area contributed by atoms with Gasteiger partial charge in [-0.15, -0.1) is 0 Å². The lowest BCUT2D eigenvalue weighted by molar-refractivity contribution is -0.118. The topological polar surface area (TPSA) is 117 Å². The quantitative estimate of drug-likeness (QED) is 0.296. The van der Waals surface area contributed by atoms with Crippen LogP contribution < -0.4 is 16.4 Å². The largest absolute Gasteiger partial charge is 0.370 e. The van der Waals surface area contributed by atoms with Gasteiger partial charge in [0.05, 0.1) is 23.0 Å². The van der Waals surface area contributed by atoms with Crippen molar-refractivity contribution in [3.63, 3.8) is 0 Å². The van der Waals surface area contributed by atoms with Crippen molar-refractivity contribution in [3.8, 4) is 11.1 Å². The molecule has 0 unspecified atom stereocenters. The summed E-state index contributed by atoms with van der Waals surface area (Å²) < 4.78 is 28.5. The third-order valence-corrected chi connectivity index (χ3v) is 5.69. The van der Waals surface area contributed by atoms with E-state index in [1.807, 2.05) is 0 Å². The number of hydrogen-bond donors (Lipinski definition) is 4. The van der Waals surface area contributed by atoms with Gasteiger partial charge in [0.2, 0.25) is 11.8 Å². The molecule has 0 saturated carbocycles. The van der Waals surface area contributed by atoms with Crippen molar-refractivity contribution in [3.05, 3.63) is 87.2 Å². The van der Waals surface area contributed by atoms with Crippen LogP contribution in [0.15, 0.2) is 48.7 Å². The first kappa shape index (κ1) is 26.9. The molecule has 0 fully saturated rings. The van der Waals surface area contributed by atoms with E-state index < -0.39 is 29.5 Å². The van der Waals surface area contributed by atoms with Crippen LogP contribution in [-0.2, 0) is 9.59 Å². The smallest absolute Gasteiger partial charge is 0.253 e. The Hall–Kier alpha value is -3.69. The van der Waals surface area contributed by atoms with Gasteiger partial charge in [-0.05, 0) is 48.9 Å². The molecule has 2 aromatic carbocycles. The van der Waals surface area contributed by atoms with Crippen molar-refractivity contribution in [2.75, 3.05) is 6.54 Å². The summed E-state index contributed by atoms with van der Waals surface area (Å²) in [5, 5.41) is 5.24. The van der Waals surface area contributed by atoms with Gasteiger partial charge in [0.15, 0.2) is 0 Å². The third-order valence-electron chi connectivity index (χ3n) is 5.16. The Labute approximate surface area is 215 Å². The lowest BCUT2D eigenvalue weighted by atomic mass is 9.98. The van der Waals surface area contributed by atoms with Gasteiger partial charge < -0.3 is 21.4 Å². The monoisotopic (exact) mass is 534 g/mol. The second kappa shape index (κ2) is 11.8. The predicted molar refractivity (Wildman–Crippen MR) is 134 cm³/mol. The summed E-state index contributed by atoms with van der Waals surface area (Å²) in [7, 11) is 0. The standard InChI is InChI=1S/C25H22Cl2F2N4O3/c1-2-31-23(35)8-7-20-24(15-5-4-14(26)10-19(15)29)16(12-32-20)25(36)33-21(11-22(30)34)13-3-6-18(28)17(27)9-13/h3-10,12,21,32H,2,11H2,1H3,(H2,30,34)(H,31,35)(H,33,36)/b8-7+/t21-/m0/s1. The van der Waals surface area contributed by atoms with Gasteiger partial charge in [-0.3, -0.25) is 14.4 Å². The Morgan fingerprint density at radius 2 is 1.86 bits per heavy atom. The van der Waals surface area contributed by atoms with E-state index in [-0.39, 0.29) is 44.8 Å². The number of H-pyrrole nitrogens is 1. The SMILES string of the molecule is CCNC(=O)/C=C/c1[nH]cc(C(=O)N[C@@H](CC(N)=O)c2ccc(F)c(Cl)c2)c1-c1ccc(Cl)cc1F. The van der Waals surface area contributed by atoms with Gasteiger partial charge in [0.25, 0.3) is 5.91 Å². The van der Waals surface area contributed by atoms with E-state index in [0.29, 0.717) is 12.1 Å². The number of likely N-dealkylation sites (N-methyl/N-ethyl adjacent to an activating group) is 1. The van der Waals surface area contributed by atoms with Gasteiger partial charge in [0, 0.05) is 40.7 Å². The molecule has 11 heteroatoms. The van der Waals surface area contributed by atoms with E-state index in [4.69, 9.17) is 28.9 Å². The molecule has 5 N–H and O–H groups in total. The number of nitrogens with one attached hydrogen (secondary N) is 3. The van der Waals surface area contributed by atoms with Gasteiger partial charge in [-0.2, -0.15) is 0 Å². The van der Waals surface area contributed by atoms with Crippen molar-refractivity contribution in [1.82, 2.24) is 15.6 Å². The Bertz CT molecular complexity index is 1340. The summed E-state index contributed by atoms with van der Waals surface area (Å²) in [5.41, 5.74) is 6.22. The van der Waals surface area contributed by atoms with E-state index in [0.717, 1.165) is 12.1 Å². The number of hydrogen-bond acceptors (Lipinski definition) is 3. The maximum Gasteiger partial charge on any atom is 0.253 e. The average Bonchev–Trinajstić information content (AvgIpc) is 3.23. The molecule has 1 aromatic heterocycles. The summed E-state index contributed by atoms with van der Waals surface area (Å²) in [6, 6.07) is 6.77. The molecule has 1 heterocycles. The fourth-order valence-corrected chi connectivity index (χ4v) is 3.89. The van der Waals surface area contributed by atoms with Crippen LogP contribution in [0.3, 0.4) is 0 Å². The number of amides is 3. The highest BCUT2D eigenvalue weighted by atomic mass is 35.5. The van der Waals surface area contributed by atoms with E-state index in [1.165, 1.54) is 42.6 Å². The highest BCUT2D eigenvalue weighted by molar-refractivity contribution is 6.31. The Balaban J connectivity index is 2.05. The van der Waals surface area contributed by atoms with Gasteiger partial charge in [0.1, 0.15) is 11.6 Å². The average molecular weight is 535 g/mol. The van der Waals surface area contributed by atoms with Crippen LogP contribution in [0.5, 0.6) is 0 Å². The van der Waals surface area contributed by atoms with Crippen LogP contribution in [0.25, 0.3) is 17.2 Å². The molecule has 7 nitrogen and oxygen atoms in total. The van der Waals surface area contributed by atoms with Crippen molar-refractivity contribution in [2.45, 2.75) is 19.4 Å². The minimum absolute atomic E-state index is 0.0226. The summed E-state index contributed by atoms with van der Waals surface area (Å²) in [4.78, 5) is 39.8. The predicted octanol–water partition coefficient (Wildman–Crippen LogP) is 4.76. The minimum Gasteiger partial charge on any atom is -0.370 e. The zero-order valence-electron chi connectivity index (χ0n) is 19.0. The zero-order chi connectivity index (χ0) is 26.4. The maximum atomic E-state index is 14.9. The van der Waals surface area contributed by atoms with Crippen molar-refractivity contribution < 1.29 is 23.2 Å². The number of aromatic nitrogens is 1. The normalized spacial score (nSPS) is 11.9. The number of aromatic amines is 1. The van der Waals surface area contributed by atoms with Crippen molar-refractivity contribution in [1.29, 1.82) is 0 Å². The number of nitrogens with two attached hydrogens (primary N) is 1. The Morgan fingerprint density at radius 3 is 2.50 bits per heavy atom. The number of rotatable bonds is 9. The molecule has 3 aromatic rings. The van der Waals surface area contributed by atoms with E-state index in [1.54, 1.807) is 6.92 Å². The van der Waals surface area contributed by atoms with Crippen LogP contribution in [0.2, 0.25) is 10.0 Å². The zero-order valence-corrected chi connectivity index (χ0v) is 20.5. The molecule has 0 aliphatic rings. The molecule has 188 valence electrons. The van der Waals surface area contributed by atoms with Gasteiger partial charge >= 0.3 is 0 Å². The van der Waals surface area contributed by atoms with E-state index in [9.17, 15) is 23.2 Å². The number of halogens is 4. The Kier molecular flexibility index (Phi) is 8.84. The highest BCUT2D eigenvalue weighted by Gasteiger charge is 2.24. The molecule has 1 atom stereocenters. The molecular formula is C25H22Cl2F2N4O3. The highest BCUT2D eigenvalue weighted by Crippen LogP contribution is 2.33. The number of carbonyl (C=O) groups is 3. The molecule has 3 amide bonds. The summed E-state index contributed by atoms with van der Waals surface area (Å²) in [5.74, 6) is -3.14. The van der Waals surface area contributed by atoms with Crippen LogP contribution >= 0.6 is 23.2 Å². The molecule has 0 bridgehead atoms. The first-order valence-electron chi connectivity index (χ1n) is 10.8. The molecule has 0 radical (unpaired) electrons. The summed E-state index contributed by atoms with van der Waals surface area (Å²) >= 11 is 11.8.